The molecule has 5 rings (SSSR count). The summed E-state index contributed by atoms with van der Waals surface area (Å²) in [7, 11) is 0. The van der Waals surface area contributed by atoms with E-state index in [0.29, 0.717) is 22.2 Å². The highest BCUT2D eigenvalue weighted by atomic mass is 35.5. The maximum absolute atomic E-state index is 12.8. The fraction of sp³-hybridized carbons (Fsp3) is 0.238. The number of rotatable bonds is 3. The molecular formula is C21H16ClNO3. The summed E-state index contributed by atoms with van der Waals surface area (Å²) in [6.07, 6.45) is 5.14. The Labute approximate surface area is 156 Å². The van der Waals surface area contributed by atoms with E-state index in [1.54, 1.807) is 48.5 Å². The molecule has 0 N–H and O–H groups in total. The number of ether oxygens (including phenoxy) is 1. The zero-order valence-corrected chi connectivity index (χ0v) is 14.6. The van der Waals surface area contributed by atoms with Gasteiger partial charge in [0.1, 0.15) is 11.5 Å². The lowest BCUT2D eigenvalue weighted by Gasteiger charge is -2.17. The van der Waals surface area contributed by atoms with Crippen LogP contribution in [0, 0.1) is 23.7 Å². The fourth-order valence-corrected chi connectivity index (χ4v) is 4.58. The first-order chi connectivity index (χ1) is 12.6. The number of fused-ring (bicyclic) bond motifs is 5. The number of carbonyl (C=O) groups is 2. The van der Waals surface area contributed by atoms with Gasteiger partial charge in [-0.25, -0.2) is 0 Å². The number of nitrogens with zero attached hydrogens (tertiary/aromatic N) is 1. The van der Waals surface area contributed by atoms with Crippen LogP contribution < -0.4 is 9.64 Å². The van der Waals surface area contributed by atoms with Crippen LogP contribution in [-0.4, -0.2) is 11.8 Å². The largest absolute Gasteiger partial charge is 0.457 e. The summed E-state index contributed by atoms with van der Waals surface area (Å²) in [5, 5.41) is 0.646. The van der Waals surface area contributed by atoms with Crippen molar-refractivity contribution in [3.05, 3.63) is 65.7 Å². The van der Waals surface area contributed by atoms with Gasteiger partial charge in [-0.2, -0.15) is 0 Å². The Morgan fingerprint density at radius 2 is 1.31 bits per heavy atom. The van der Waals surface area contributed by atoms with Gasteiger partial charge in [-0.3, -0.25) is 14.5 Å². The Kier molecular flexibility index (Phi) is 3.44. The van der Waals surface area contributed by atoms with Crippen LogP contribution in [0.25, 0.3) is 0 Å². The molecule has 26 heavy (non-hydrogen) atoms. The second-order valence-electron chi connectivity index (χ2n) is 7.06. The van der Waals surface area contributed by atoms with Crippen LogP contribution in [-0.2, 0) is 9.59 Å². The monoisotopic (exact) mass is 365 g/mol. The van der Waals surface area contributed by atoms with Gasteiger partial charge in [0.15, 0.2) is 0 Å². The summed E-state index contributed by atoms with van der Waals surface area (Å²) < 4.78 is 5.77. The van der Waals surface area contributed by atoms with E-state index in [4.69, 9.17) is 16.3 Å². The third-order valence-electron chi connectivity index (χ3n) is 5.61. The van der Waals surface area contributed by atoms with E-state index in [9.17, 15) is 9.59 Å². The lowest BCUT2D eigenvalue weighted by molar-refractivity contribution is -0.123. The number of carbonyl (C=O) groups excluding carboxylic acids is 2. The van der Waals surface area contributed by atoms with E-state index in [1.807, 2.05) is 0 Å². The Hall–Kier alpha value is -2.59. The van der Waals surface area contributed by atoms with E-state index in [0.717, 1.165) is 6.42 Å². The first kappa shape index (κ1) is 15.6. The van der Waals surface area contributed by atoms with Gasteiger partial charge in [-0.1, -0.05) is 23.8 Å². The average Bonchev–Trinajstić information content (AvgIpc) is 3.32. The van der Waals surface area contributed by atoms with Crippen molar-refractivity contribution in [2.24, 2.45) is 23.7 Å². The zero-order valence-electron chi connectivity index (χ0n) is 13.8. The molecule has 0 spiro atoms. The molecule has 1 saturated carbocycles. The van der Waals surface area contributed by atoms with Crippen molar-refractivity contribution in [1.82, 2.24) is 0 Å². The van der Waals surface area contributed by atoms with Crippen LogP contribution in [0.2, 0.25) is 5.02 Å². The number of allylic oxidation sites excluding steroid dienone is 2. The Balaban J connectivity index is 1.37. The fourth-order valence-electron chi connectivity index (χ4n) is 4.46. The van der Waals surface area contributed by atoms with Crippen molar-refractivity contribution in [3.63, 3.8) is 0 Å². The highest BCUT2D eigenvalue weighted by Gasteiger charge is 2.59. The minimum Gasteiger partial charge on any atom is -0.457 e. The SMILES string of the molecule is O=C1[C@H]2[C@H](C(=O)N1c1ccc(Oc3ccc(Cl)cc3)cc1)[C@H]1C=C[C@H]2C1. The number of amides is 2. The van der Waals surface area contributed by atoms with Crippen molar-refractivity contribution in [3.8, 4) is 11.5 Å². The van der Waals surface area contributed by atoms with Crippen LogP contribution >= 0.6 is 11.6 Å². The van der Waals surface area contributed by atoms with Gasteiger partial charge in [0.05, 0.1) is 17.5 Å². The number of anilines is 1. The van der Waals surface area contributed by atoms with Crippen LogP contribution in [0.4, 0.5) is 5.69 Å². The maximum Gasteiger partial charge on any atom is 0.238 e. The molecule has 2 fully saturated rings. The molecule has 2 aliphatic carbocycles. The number of hydrogen-bond acceptors (Lipinski definition) is 3. The smallest absolute Gasteiger partial charge is 0.238 e. The predicted molar refractivity (Wildman–Crippen MR) is 98.2 cm³/mol. The Morgan fingerprint density at radius 3 is 1.85 bits per heavy atom. The van der Waals surface area contributed by atoms with Gasteiger partial charge < -0.3 is 4.74 Å². The molecule has 0 aromatic heterocycles. The van der Waals surface area contributed by atoms with Crippen molar-refractivity contribution in [2.45, 2.75) is 6.42 Å². The average molecular weight is 366 g/mol. The van der Waals surface area contributed by atoms with E-state index in [1.165, 1.54) is 4.90 Å². The van der Waals surface area contributed by atoms with Gasteiger partial charge in [-0.15, -0.1) is 0 Å². The van der Waals surface area contributed by atoms with Crippen LogP contribution in [0.5, 0.6) is 11.5 Å². The Morgan fingerprint density at radius 1 is 0.808 bits per heavy atom. The minimum absolute atomic E-state index is 0.0665. The highest BCUT2D eigenvalue weighted by Crippen LogP contribution is 2.53. The predicted octanol–water partition coefficient (Wildman–Crippen LogP) is 4.44. The molecule has 1 heterocycles. The van der Waals surface area contributed by atoms with Gasteiger partial charge >= 0.3 is 0 Å². The first-order valence-corrected chi connectivity index (χ1v) is 9.09. The molecule has 0 radical (unpaired) electrons. The normalized spacial score (nSPS) is 28.7. The molecule has 4 atom stereocenters. The zero-order chi connectivity index (χ0) is 17.8. The molecule has 2 bridgehead atoms. The third-order valence-corrected chi connectivity index (χ3v) is 5.87. The van der Waals surface area contributed by atoms with Crippen LogP contribution in [0.3, 0.4) is 0 Å². The van der Waals surface area contributed by atoms with E-state index >= 15 is 0 Å². The second-order valence-corrected chi connectivity index (χ2v) is 7.50. The van der Waals surface area contributed by atoms with Crippen molar-refractivity contribution in [1.29, 1.82) is 0 Å². The molecule has 2 amide bonds. The molecule has 130 valence electrons. The quantitative estimate of drug-likeness (QED) is 0.596. The number of hydrogen-bond donors (Lipinski definition) is 0. The van der Waals surface area contributed by atoms with Crippen molar-refractivity contribution >= 4 is 29.1 Å². The highest BCUT2D eigenvalue weighted by molar-refractivity contribution is 6.30. The van der Waals surface area contributed by atoms with Gasteiger partial charge in [0.25, 0.3) is 0 Å². The summed E-state index contributed by atoms with van der Waals surface area (Å²) in [4.78, 5) is 27.0. The van der Waals surface area contributed by atoms with Crippen molar-refractivity contribution in [2.75, 3.05) is 4.90 Å². The maximum atomic E-state index is 12.8. The van der Waals surface area contributed by atoms with Crippen LogP contribution in [0.15, 0.2) is 60.7 Å². The molecule has 5 heteroatoms. The van der Waals surface area contributed by atoms with E-state index < -0.39 is 0 Å². The number of benzene rings is 2. The van der Waals surface area contributed by atoms with E-state index in [-0.39, 0.29) is 35.5 Å². The molecule has 2 aromatic rings. The molecule has 1 saturated heterocycles. The van der Waals surface area contributed by atoms with E-state index in [2.05, 4.69) is 12.2 Å². The first-order valence-electron chi connectivity index (χ1n) is 8.71. The molecule has 0 unspecified atom stereocenters. The number of halogens is 1. The third kappa shape index (κ3) is 2.29. The summed E-state index contributed by atoms with van der Waals surface area (Å²) in [5.74, 6) is 1.26. The summed E-state index contributed by atoms with van der Waals surface area (Å²) >= 11 is 5.87. The summed E-state index contributed by atoms with van der Waals surface area (Å²) in [6, 6.07) is 14.1. The second kappa shape index (κ2) is 5.71. The van der Waals surface area contributed by atoms with Gasteiger partial charge in [-0.05, 0) is 66.8 Å². The standard InChI is InChI=1S/C21H16ClNO3/c22-14-3-7-16(8-4-14)26-17-9-5-15(6-10-17)23-20(24)18-12-1-2-13(11-12)19(18)21(23)25/h1-10,12-13,18-19H,11H2/t12-,13-,18+,19+/m0/s1. The minimum atomic E-state index is -0.178. The lowest BCUT2D eigenvalue weighted by Crippen LogP contribution is -2.32. The summed E-state index contributed by atoms with van der Waals surface area (Å²) in [6.45, 7) is 0. The Bertz CT molecular complexity index is 889. The van der Waals surface area contributed by atoms with Crippen molar-refractivity contribution < 1.29 is 14.3 Å². The molecule has 1 aliphatic heterocycles. The van der Waals surface area contributed by atoms with Gasteiger partial charge in [0.2, 0.25) is 11.8 Å². The summed E-state index contributed by atoms with van der Waals surface area (Å²) in [5.41, 5.74) is 0.609. The van der Waals surface area contributed by atoms with Crippen LogP contribution in [0.1, 0.15) is 6.42 Å². The number of imide groups is 1. The molecule has 2 aromatic carbocycles. The molecule has 3 aliphatic rings. The topological polar surface area (TPSA) is 46.6 Å². The molecule has 4 nitrogen and oxygen atoms in total. The van der Waals surface area contributed by atoms with Gasteiger partial charge in [0, 0.05) is 5.02 Å². The molecular weight excluding hydrogens is 350 g/mol. The lowest BCUT2D eigenvalue weighted by atomic mass is 9.85.